The zero-order valence-electron chi connectivity index (χ0n) is 10.9. The molecular weight excluding hydrogens is 200 g/mol. The lowest BCUT2D eigenvalue weighted by atomic mass is 10.1. The van der Waals surface area contributed by atoms with Crippen molar-refractivity contribution < 1.29 is 0 Å². The number of nitrogens with one attached hydrogen (secondary N) is 2. The number of rotatable bonds is 6. The first-order valence-corrected chi connectivity index (χ1v) is 5.91. The van der Waals surface area contributed by atoms with E-state index in [0.717, 1.165) is 31.9 Å². The zero-order chi connectivity index (χ0) is 12.0. The highest BCUT2D eigenvalue weighted by Crippen LogP contribution is 1.96. The highest BCUT2D eigenvalue weighted by atomic mass is 15.0. The molecule has 0 spiro atoms. The Morgan fingerprint density at radius 3 is 2.56 bits per heavy atom. The van der Waals surface area contributed by atoms with Gasteiger partial charge in [-0.1, -0.05) is 0 Å². The van der Waals surface area contributed by atoms with Crippen molar-refractivity contribution in [3.05, 3.63) is 18.2 Å². The van der Waals surface area contributed by atoms with Crippen LogP contribution in [0.15, 0.2) is 12.4 Å². The third-order valence-electron chi connectivity index (χ3n) is 2.40. The molecule has 4 heteroatoms. The van der Waals surface area contributed by atoms with Crippen molar-refractivity contribution in [2.75, 3.05) is 19.6 Å². The third-order valence-corrected chi connectivity index (χ3v) is 2.40. The van der Waals surface area contributed by atoms with Crippen molar-refractivity contribution in [3.63, 3.8) is 0 Å². The predicted molar refractivity (Wildman–Crippen MR) is 67.5 cm³/mol. The van der Waals surface area contributed by atoms with E-state index in [-0.39, 0.29) is 5.54 Å². The fourth-order valence-electron chi connectivity index (χ4n) is 1.49. The molecule has 0 saturated heterocycles. The molecule has 0 unspecified atom stereocenters. The monoisotopic (exact) mass is 224 g/mol. The molecule has 0 amide bonds. The summed E-state index contributed by atoms with van der Waals surface area (Å²) in [4.78, 5) is 4.28. The van der Waals surface area contributed by atoms with Crippen LogP contribution in [0.1, 0.15) is 26.6 Å². The van der Waals surface area contributed by atoms with Gasteiger partial charge in [-0.15, -0.1) is 0 Å². The predicted octanol–water partition coefficient (Wildman–Crippen LogP) is 0.940. The average Bonchev–Trinajstić information content (AvgIpc) is 2.56. The molecule has 16 heavy (non-hydrogen) atoms. The number of nitrogens with zero attached hydrogens (tertiary/aromatic N) is 2. The van der Waals surface area contributed by atoms with Crippen LogP contribution < -0.4 is 10.6 Å². The maximum atomic E-state index is 4.28. The SMILES string of the molecule is Cn1ccnc1CCNCCNC(C)(C)C. The van der Waals surface area contributed by atoms with E-state index >= 15 is 0 Å². The normalized spacial score (nSPS) is 12.0. The van der Waals surface area contributed by atoms with Gasteiger partial charge in [0.15, 0.2) is 0 Å². The Bertz CT molecular complexity index is 298. The van der Waals surface area contributed by atoms with Crippen molar-refractivity contribution in [1.29, 1.82) is 0 Å². The summed E-state index contributed by atoms with van der Waals surface area (Å²) < 4.78 is 2.06. The number of imidazole rings is 1. The van der Waals surface area contributed by atoms with Gasteiger partial charge in [-0.05, 0) is 20.8 Å². The Hall–Kier alpha value is -0.870. The minimum absolute atomic E-state index is 0.210. The van der Waals surface area contributed by atoms with E-state index < -0.39 is 0 Å². The number of aromatic nitrogens is 2. The molecule has 0 aromatic carbocycles. The minimum atomic E-state index is 0.210. The number of aryl methyl sites for hydroxylation is 1. The summed E-state index contributed by atoms with van der Waals surface area (Å²) in [5, 5.41) is 6.85. The van der Waals surface area contributed by atoms with Crippen LogP contribution in [0, 0.1) is 0 Å². The van der Waals surface area contributed by atoms with Crippen molar-refractivity contribution in [2.45, 2.75) is 32.7 Å². The lowest BCUT2D eigenvalue weighted by Gasteiger charge is -2.20. The first-order chi connectivity index (χ1) is 7.49. The Balaban J connectivity index is 2.03. The van der Waals surface area contributed by atoms with E-state index in [9.17, 15) is 0 Å². The summed E-state index contributed by atoms with van der Waals surface area (Å²) >= 11 is 0. The van der Waals surface area contributed by atoms with Gasteiger partial charge in [-0.3, -0.25) is 0 Å². The van der Waals surface area contributed by atoms with Crippen molar-refractivity contribution in [3.8, 4) is 0 Å². The third kappa shape index (κ3) is 5.28. The Kier molecular flexibility index (Phi) is 4.96. The summed E-state index contributed by atoms with van der Waals surface area (Å²) in [5.41, 5.74) is 0.210. The second-order valence-corrected chi connectivity index (χ2v) is 5.13. The molecule has 0 aliphatic heterocycles. The fourth-order valence-corrected chi connectivity index (χ4v) is 1.49. The van der Waals surface area contributed by atoms with Crippen molar-refractivity contribution in [2.24, 2.45) is 7.05 Å². The van der Waals surface area contributed by atoms with Crippen molar-refractivity contribution in [1.82, 2.24) is 20.2 Å². The van der Waals surface area contributed by atoms with Crippen LogP contribution in [0.2, 0.25) is 0 Å². The first-order valence-electron chi connectivity index (χ1n) is 5.91. The van der Waals surface area contributed by atoms with Crippen LogP contribution in [0.25, 0.3) is 0 Å². The summed E-state index contributed by atoms with van der Waals surface area (Å²) in [6, 6.07) is 0. The standard InChI is InChI=1S/C12H24N4/c1-12(2,3)15-8-7-13-6-5-11-14-9-10-16(11)4/h9-10,13,15H,5-8H2,1-4H3. The molecule has 0 radical (unpaired) electrons. The van der Waals surface area contributed by atoms with Gasteiger partial charge in [-0.25, -0.2) is 4.98 Å². The quantitative estimate of drug-likeness (QED) is 0.707. The topological polar surface area (TPSA) is 41.9 Å². The summed E-state index contributed by atoms with van der Waals surface area (Å²) in [5.74, 6) is 1.14. The van der Waals surface area contributed by atoms with Crippen LogP contribution in [-0.4, -0.2) is 34.7 Å². The number of hydrogen-bond acceptors (Lipinski definition) is 3. The second-order valence-electron chi connectivity index (χ2n) is 5.13. The summed E-state index contributed by atoms with van der Waals surface area (Å²) in [7, 11) is 2.03. The summed E-state index contributed by atoms with van der Waals surface area (Å²) in [6.07, 6.45) is 4.81. The maximum Gasteiger partial charge on any atom is 0.109 e. The van der Waals surface area contributed by atoms with Gasteiger partial charge in [0.1, 0.15) is 5.82 Å². The largest absolute Gasteiger partial charge is 0.338 e. The molecule has 0 aliphatic rings. The molecule has 0 atom stereocenters. The van der Waals surface area contributed by atoms with Crippen LogP contribution >= 0.6 is 0 Å². The molecule has 2 N–H and O–H groups in total. The Labute approximate surface area is 98.5 Å². The van der Waals surface area contributed by atoms with E-state index in [1.807, 2.05) is 19.4 Å². The molecule has 1 heterocycles. The molecule has 0 saturated carbocycles. The molecule has 1 aromatic heterocycles. The van der Waals surface area contributed by atoms with Gasteiger partial charge in [0.2, 0.25) is 0 Å². The van der Waals surface area contributed by atoms with E-state index in [4.69, 9.17) is 0 Å². The highest BCUT2D eigenvalue weighted by Gasteiger charge is 2.06. The van der Waals surface area contributed by atoms with Crippen LogP contribution in [0.4, 0.5) is 0 Å². The molecule has 4 nitrogen and oxygen atoms in total. The Morgan fingerprint density at radius 1 is 1.25 bits per heavy atom. The lowest BCUT2D eigenvalue weighted by Crippen LogP contribution is -2.40. The van der Waals surface area contributed by atoms with E-state index in [1.165, 1.54) is 0 Å². The smallest absolute Gasteiger partial charge is 0.109 e. The molecule has 0 aliphatic carbocycles. The van der Waals surface area contributed by atoms with E-state index in [1.54, 1.807) is 0 Å². The van der Waals surface area contributed by atoms with Crippen LogP contribution in [0.5, 0.6) is 0 Å². The molecule has 0 fully saturated rings. The molecule has 92 valence electrons. The van der Waals surface area contributed by atoms with Gasteiger partial charge in [0.25, 0.3) is 0 Å². The van der Waals surface area contributed by atoms with Gasteiger partial charge in [-0.2, -0.15) is 0 Å². The van der Waals surface area contributed by atoms with Gasteiger partial charge >= 0.3 is 0 Å². The van der Waals surface area contributed by atoms with E-state index in [0.29, 0.717) is 0 Å². The lowest BCUT2D eigenvalue weighted by molar-refractivity contribution is 0.421. The molecule has 0 bridgehead atoms. The second kappa shape index (κ2) is 6.01. The fraction of sp³-hybridized carbons (Fsp3) is 0.750. The minimum Gasteiger partial charge on any atom is -0.338 e. The van der Waals surface area contributed by atoms with Crippen LogP contribution in [0.3, 0.4) is 0 Å². The van der Waals surface area contributed by atoms with Gasteiger partial charge in [0.05, 0.1) is 0 Å². The highest BCUT2D eigenvalue weighted by molar-refractivity contribution is 4.91. The zero-order valence-corrected chi connectivity index (χ0v) is 10.9. The van der Waals surface area contributed by atoms with E-state index in [2.05, 4.69) is 41.0 Å². The van der Waals surface area contributed by atoms with Crippen molar-refractivity contribution >= 4 is 0 Å². The molecule has 1 rings (SSSR count). The van der Waals surface area contributed by atoms with Crippen LogP contribution in [-0.2, 0) is 13.5 Å². The Morgan fingerprint density at radius 2 is 2.00 bits per heavy atom. The molecular formula is C12H24N4. The molecule has 1 aromatic rings. The maximum absolute atomic E-state index is 4.28. The number of hydrogen-bond donors (Lipinski definition) is 2. The van der Waals surface area contributed by atoms with Gasteiger partial charge in [0, 0.05) is 51.0 Å². The average molecular weight is 224 g/mol. The first kappa shape index (κ1) is 13.2. The van der Waals surface area contributed by atoms with Gasteiger partial charge < -0.3 is 15.2 Å². The summed E-state index contributed by atoms with van der Waals surface area (Å²) in [6.45, 7) is 9.53.